The number of nitrogens with one attached hydrogen (secondary N) is 2. The van der Waals surface area contributed by atoms with E-state index in [-0.39, 0.29) is 24.3 Å². The maximum absolute atomic E-state index is 12.9. The summed E-state index contributed by atoms with van der Waals surface area (Å²) in [5.41, 5.74) is 1.61. The summed E-state index contributed by atoms with van der Waals surface area (Å²) in [5.74, 6) is 1.23. The third-order valence-corrected chi connectivity index (χ3v) is 5.81. The van der Waals surface area contributed by atoms with Crippen LogP contribution >= 0.6 is 27.7 Å². The van der Waals surface area contributed by atoms with Crippen LogP contribution in [-0.4, -0.2) is 38.4 Å². The fraction of sp³-hybridized carbons (Fsp3) is 0.333. The minimum atomic E-state index is -0.410. The zero-order valence-corrected chi connectivity index (χ0v) is 19.2. The second kappa shape index (κ2) is 10.6. The molecule has 158 valence electrons. The number of carbonyl (C=O) groups is 2. The predicted molar refractivity (Wildman–Crippen MR) is 122 cm³/mol. The summed E-state index contributed by atoms with van der Waals surface area (Å²) in [6.07, 6.45) is 4.78. The summed E-state index contributed by atoms with van der Waals surface area (Å²) in [6.45, 7) is 1.45. The van der Waals surface area contributed by atoms with Crippen LogP contribution in [0.1, 0.15) is 43.2 Å². The number of benzene rings is 1. The molecular weight excluding hydrogens is 466 g/mol. The first-order chi connectivity index (χ1) is 14.5. The summed E-state index contributed by atoms with van der Waals surface area (Å²) in [4.78, 5) is 24.6. The largest absolute Gasteiger partial charge is 0.349 e. The third kappa shape index (κ3) is 5.82. The summed E-state index contributed by atoms with van der Waals surface area (Å²) < 4.78 is 2.83. The molecule has 30 heavy (non-hydrogen) atoms. The zero-order valence-electron chi connectivity index (χ0n) is 16.8. The quantitative estimate of drug-likeness (QED) is 0.478. The molecule has 1 aromatic carbocycles. The number of aromatic nitrogens is 3. The van der Waals surface area contributed by atoms with E-state index in [4.69, 9.17) is 0 Å². The highest BCUT2D eigenvalue weighted by Gasteiger charge is 2.23. The fourth-order valence-corrected chi connectivity index (χ4v) is 3.97. The molecule has 0 aliphatic rings. The lowest BCUT2D eigenvalue weighted by Gasteiger charge is -2.21. The van der Waals surface area contributed by atoms with Crippen LogP contribution < -0.4 is 10.6 Å². The van der Waals surface area contributed by atoms with E-state index in [1.807, 2.05) is 59.3 Å². The van der Waals surface area contributed by atoms with E-state index in [9.17, 15) is 9.59 Å². The lowest BCUT2D eigenvalue weighted by Crippen LogP contribution is -2.35. The summed E-state index contributed by atoms with van der Waals surface area (Å²) in [5, 5.41) is 14.5. The van der Waals surface area contributed by atoms with Crippen molar-refractivity contribution in [2.45, 2.75) is 31.8 Å². The second-order valence-corrected chi connectivity index (χ2v) is 8.80. The van der Waals surface area contributed by atoms with E-state index in [1.54, 1.807) is 11.8 Å². The van der Waals surface area contributed by atoms with Crippen LogP contribution in [0, 0.1) is 0 Å². The van der Waals surface area contributed by atoms with Crippen LogP contribution in [0.4, 0.5) is 0 Å². The Labute approximate surface area is 188 Å². The van der Waals surface area contributed by atoms with Gasteiger partial charge in [0.1, 0.15) is 0 Å². The molecule has 2 atom stereocenters. The molecule has 7 nitrogen and oxygen atoms in total. The Balaban J connectivity index is 1.78. The van der Waals surface area contributed by atoms with Gasteiger partial charge in [0.2, 0.25) is 11.8 Å². The predicted octanol–water partition coefficient (Wildman–Crippen LogP) is 3.67. The van der Waals surface area contributed by atoms with Crippen molar-refractivity contribution in [3.8, 4) is 0 Å². The lowest BCUT2D eigenvalue weighted by atomic mass is 10.0. The van der Waals surface area contributed by atoms with E-state index in [1.165, 1.54) is 6.92 Å². The number of amides is 2. The number of carbonyl (C=O) groups excluding carboxylic acids is 2. The van der Waals surface area contributed by atoms with E-state index in [2.05, 4.69) is 36.8 Å². The number of thioether (sulfide) groups is 1. The molecule has 2 amide bonds. The number of hydrogen-bond acceptors (Lipinski definition) is 5. The Hall–Kier alpha value is -2.39. The van der Waals surface area contributed by atoms with Gasteiger partial charge in [-0.15, -0.1) is 10.2 Å². The van der Waals surface area contributed by atoms with Crippen LogP contribution in [0.2, 0.25) is 0 Å². The summed E-state index contributed by atoms with van der Waals surface area (Å²) in [7, 11) is 0. The van der Waals surface area contributed by atoms with Crippen molar-refractivity contribution in [1.29, 1.82) is 0 Å². The zero-order chi connectivity index (χ0) is 21.5. The highest BCUT2D eigenvalue weighted by molar-refractivity contribution is 9.10. The van der Waals surface area contributed by atoms with Gasteiger partial charge in [-0.05, 0) is 48.3 Å². The SMILES string of the molecule is CSCCC(NC(=O)CC(NC(C)=O)c1ccc(Br)cc1)c1nnc2ccccn12. The average molecular weight is 490 g/mol. The number of hydrogen-bond donors (Lipinski definition) is 2. The Morgan fingerprint density at radius 2 is 1.87 bits per heavy atom. The first-order valence-corrected chi connectivity index (χ1v) is 11.8. The number of nitrogens with zero attached hydrogens (tertiary/aromatic N) is 3. The highest BCUT2D eigenvalue weighted by Crippen LogP contribution is 2.22. The second-order valence-electron chi connectivity index (χ2n) is 6.90. The van der Waals surface area contributed by atoms with Crippen LogP contribution in [0.25, 0.3) is 5.65 Å². The van der Waals surface area contributed by atoms with Crippen molar-refractivity contribution in [3.63, 3.8) is 0 Å². The standard InChI is InChI=1S/C21H24BrN5O2S/c1-14(28)23-18(15-6-8-16(22)9-7-15)13-20(29)24-17(10-12-30-2)21-26-25-19-5-3-4-11-27(19)21/h3-9,11,17-18H,10,12-13H2,1-2H3,(H,23,28)(H,24,29). The number of pyridine rings is 1. The van der Waals surface area contributed by atoms with Gasteiger partial charge in [0, 0.05) is 17.6 Å². The van der Waals surface area contributed by atoms with Gasteiger partial charge in [-0.2, -0.15) is 11.8 Å². The molecule has 0 saturated heterocycles. The summed E-state index contributed by atoms with van der Waals surface area (Å²) in [6, 6.07) is 12.6. The molecule has 9 heteroatoms. The molecule has 2 aromatic heterocycles. The first-order valence-electron chi connectivity index (χ1n) is 9.58. The molecule has 2 N–H and O–H groups in total. The Morgan fingerprint density at radius 3 is 2.57 bits per heavy atom. The van der Waals surface area contributed by atoms with Gasteiger partial charge < -0.3 is 10.6 Å². The van der Waals surface area contributed by atoms with Crippen molar-refractivity contribution < 1.29 is 9.59 Å². The molecule has 2 unspecified atom stereocenters. The van der Waals surface area contributed by atoms with E-state index in [0.717, 1.165) is 27.9 Å². The third-order valence-electron chi connectivity index (χ3n) is 4.64. The maximum atomic E-state index is 12.9. The van der Waals surface area contributed by atoms with Crippen molar-refractivity contribution in [1.82, 2.24) is 25.2 Å². The molecular formula is C21H24BrN5O2S. The average Bonchev–Trinajstić information content (AvgIpc) is 3.15. The maximum Gasteiger partial charge on any atom is 0.223 e. The van der Waals surface area contributed by atoms with Gasteiger partial charge in [0.05, 0.1) is 18.5 Å². The van der Waals surface area contributed by atoms with Crippen molar-refractivity contribution in [2.24, 2.45) is 0 Å². The minimum Gasteiger partial charge on any atom is -0.349 e. The molecule has 0 aliphatic heterocycles. The molecule has 0 fully saturated rings. The lowest BCUT2D eigenvalue weighted by molar-refractivity contribution is -0.123. The van der Waals surface area contributed by atoms with Crippen molar-refractivity contribution in [3.05, 3.63) is 64.5 Å². The number of halogens is 1. The van der Waals surface area contributed by atoms with Crippen molar-refractivity contribution >= 4 is 45.2 Å². The number of rotatable bonds is 9. The molecule has 3 aromatic rings. The van der Waals surface area contributed by atoms with E-state index >= 15 is 0 Å². The molecule has 0 spiro atoms. The summed E-state index contributed by atoms with van der Waals surface area (Å²) >= 11 is 5.12. The van der Waals surface area contributed by atoms with Crippen LogP contribution in [0.3, 0.4) is 0 Å². The van der Waals surface area contributed by atoms with Crippen LogP contribution in [0.15, 0.2) is 53.1 Å². The number of fused-ring (bicyclic) bond motifs is 1. The van der Waals surface area contributed by atoms with Gasteiger partial charge in [-0.3, -0.25) is 14.0 Å². The van der Waals surface area contributed by atoms with Gasteiger partial charge in [-0.1, -0.05) is 34.1 Å². The molecule has 0 aliphatic carbocycles. The molecule has 0 saturated carbocycles. The fourth-order valence-electron chi connectivity index (χ4n) is 3.23. The van der Waals surface area contributed by atoms with Gasteiger partial charge >= 0.3 is 0 Å². The van der Waals surface area contributed by atoms with Gasteiger partial charge in [0.15, 0.2) is 11.5 Å². The normalized spacial score (nSPS) is 13.0. The Bertz CT molecular complexity index is 1010. The smallest absolute Gasteiger partial charge is 0.223 e. The van der Waals surface area contributed by atoms with Gasteiger partial charge in [-0.25, -0.2) is 0 Å². The van der Waals surface area contributed by atoms with Crippen molar-refractivity contribution in [2.75, 3.05) is 12.0 Å². The van der Waals surface area contributed by atoms with E-state index in [0.29, 0.717) is 5.82 Å². The molecule has 0 bridgehead atoms. The minimum absolute atomic E-state index is 0.133. The Morgan fingerprint density at radius 1 is 1.10 bits per heavy atom. The van der Waals surface area contributed by atoms with Gasteiger partial charge in [0.25, 0.3) is 0 Å². The molecule has 0 radical (unpaired) electrons. The monoisotopic (exact) mass is 489 g/mol. The Kier molecular flexibility index (Phi) is 7.87. The topological polar surface area (TPSA) is 88.4 Å². The van der Waals surface area contributed by atoms with E-state index < -0.39 is 6.04 Å². The van der Waals surface area contributed by atoms with Crippen LogP contribution in [0.5, 0.6) is 0 Å². The van der Waals surface area contributed by atoms with Crippen LogP contribution in [-0.2, 0) is 9.59 Å². The first kappa shape index (κ1) is 22.3. The highest BCUT2D eigenvalue weighted by atomic mass is 79.9. The molecule has 3 rings (SSSR count). The molecule has 2 heterocycles.